The van der Waals surface area contributed by atoms with Crippen molar-refractivity contribution in [2.24, 2.45) is 0 Å². The van der Waals surface area contributed by atoms with Crippen molar-refractivity contribution >= 4 is 0 Å². The third-order valence-electron chi connectivity index (χ3n) is 2.63. The molecule has 0 unspecified atom stereocenters. The molecule has 1 fully saturated rings. The van der Waals surface area contributed by atoms with Gasteiger partial charge in [0, 0.05) is 13.0 Å². The van der Waals surface area contributed by atoms with Crippen molar-refractivity contribution in [3.05, 3.63) is 0 Å². The van der Waals surface area contributed by atoms with Crippen LogP contribution in [0.25, 0.3) is 0 Å². The first-order valence-electron chi connectivity index (χ1n) is 5.74. The molecule has 0 aliphatic carbocycles. The Bertz CT molecular complexity index is 153. The summed E-state index contributed by atoms with van der Waals surface area (Å²) in [4.78, 5) is 2.19. The average Bonchev–Trinajstić information content (AvgIpc) is 2.55. The Labute approximate surface area is 87.4 Å². The normalized spacial score (nSPS) is 21.6. The molecule has 0 atom stereocenters. The first-order chi connectivity index (χ1) is 6.75. The Balaban J connectivity index is 2.49. The lowest BCUT2D eigenvalue weighted by Crippen LogP contribution is -2.46. The van der Waals surface area contributed by atoms with Crippen molar-refractivity contribution in [1.29, 1.82) is 0 Å². The Kier molecular flexibility index (Phi) is 4.85. The van der Waals surface area contributed by atoms with Crippen LogP contribution in [0.5, 0.6) is 0 Å². The first kappa shape index (κ1) is 12.0. The van der Waals surface area contributed by atoms with Gasteiger partial charge in [-0.1, -0.05) is 13.8 Å². The maximum absolute atomic E-state index is 5.86. The Hall–Kier alpha value is -0.120. The molecule has 0 N–H and O–H groups in total. The van der Waals surface area contributed by atoms with E-state index in [0.717, 1.165) is 39.0 Å². The van der Waals surface area contributed by atoms with Crippen molar-refractivity contribution in [3.63, 3.8) is 0 Å². The van der Waals surface area contributed by atoms with Crippen molar-refractivity contribution in [1.82, 2.24) is 4.90 Å². The Morgan fingerprint density at radius 3 is 2.07 bits per heavy atom. The fourth-order valence-corrected chi connectivity index (χ4v) is 1.83. The summed E-state index contributed by atoms with van der Waals surface area (Å²) in [5.41, 5.74) is 0. The topological polar surface area (TPSA) is 21.7 Å². The minimum absolute atomic E-state index is 0.411. The van der Waals surface area contributed by atoms with Crippen molar-refractivity contribution in [2.75, 3.05) is 26.8 Å². The molecule has 1 aliphatic rings. The summed E-state index contributed by atoms with van der Waals surface area (Å²) in [7, 11) is 2.08. The smallest absolute Gasteiger partial charge is 0.229 e. The summed E-state index contributed by atoms with van der Waals surface area (Å²) in [5, 5.41) is 0. The van der Waals surface area contributed by atoms with Gasteiger partial charge in [0.2, 0.25) is 5.91 Å². The number of hydrogen-bond donors (Lipinski definition) is 0. The highest BCUT2D eigenvalue weighted by atomic mass is 16.7. The number of rotatable bonds is 6. The lowest BCUT2D eigenvalue weighted by Gasteiger charge is -2.35. The molecule has 3 heteroatoms. The molecule has 0 aromatic heterocycles. The van der Waals surface area contributed by atoms with Gasteiger partial charge >= 0.3 is 0 Å². The fraction of sp³-hybridized carbons (Fsp3) is 1.00. The third-order valence-corrected chi connectivity index (χ3v) is 2.63. The van der Waals surface area contributed by atoms with Crippen LogP contribution in [-0.4, -0.2) is 37.6 Å². The van der Waals surface area contributed by atoms with Crippen LogP contribution in [0, 0.1) is 0 Å². The molecule has 1 rings (SSSR count). The van der Waals surface area contributed by atoms with Gasteiger partial charge in [-0.25, -0.2) is 0 Å². The zero-order valence-corrected chi connectivity index (χ0v) is 9.71. The summed E-state index contributed by atoms with van der Waals surface area (Å²) < 4.78 is 11.7. The molecule has 1 saturated heterocycles. The summed E-state index contributed by atoms with van der Waals surface area (Å²) >= 11 is 0. The predicted molar refractivity (Wildman–Crippen MR) is 57.1 cm³/mol. The van der Waals surface area contributed by atoms with Crippen molar-refractivity contribution in [3.8, 4) is 0 Å². The molecule has 0 saturated carbocycles. The van der Waals surface area contributed by atoms with E-state index >= 15 is 0 Å². The van der Waals surface area contributed by atoms with E-state index < -0.39 is 5.91 Å². The van der Waals surface area contributed by atoms with Crippen LogP contribution in [-0.2, 0) is 9.47 Å². The predicted octanol–water partition coefficient (Wildman–Crippen LogP) is 2.22. The first-order valence-corrected chi connectivity index (χ1v) is 5.74. The van der Waals surface area contributed by atoms with Crippen molar-refractivity contribution < 1.29 is 9.47 Å². The molecule has 3 nitrogen and oxygen atoms in total. The molecular weight excluding hydrogens is 178 g/mol. The average molecular weight is 201 g/mol. The summed E-state index contributed by atoms with van der Waals surface area (Å²) in [6, 6.07) is 0. The van der Waals surface area contributed by atoms with Gasteiger partial charge in [-0.2, -0.15) is 0 Å². The van der Waals surface area contributed by atoms with Crippen LogP contribution >= 0.6 is 0 Å². The molecule has 14 heavy (non-hydrogen) atoms. The van der Waals surface area contributed by atoms with E-state index in [1.807, 2.05) is 0 Å². The van der Waals surface area contributed by atoms with Gasteiger partial charge in [-0.15, -0.1) is 0 Å². The second kappa shape index (κ2) is 5.69. The Morgan fingerprint density at radius 1 is 1.14 bits per heavy atom. The van der Waals surface area contributed by atoms with Gasteiger partial charge in [-0.05, 0) is 26.3 Å². The van der Waals surface area contributed by atoms with Crippen LogP contribution < -0.4 is 0 Å². The molecule has 84 valence electrons. The number of ether oxygens (including phenoxy) is 2. The van der Waals surface area contributed by atoms with Crippen LogP contribution in [0.2, 0.25) is 0 Å². The van der Waals surface area contributed by atoms with E-state index in [1.54, 1.807) is 0 Å². The van der Waals surface area contributed by atoms with Gasteiger partial charge in [0.15, 0.2) is 0 Å². The maximum atomic E-state index is 5.86. The number of hydrogen-bond acceptors (Lipinski definition) is 3. The summed E-state index contributed by atoms with van der Waals surface area (Å²) in [6.45, 7) is 6.90. The standard InChI is InChI=1S/C11H23NO2/c1-4-9-13-11(14-10-5-2)7-6-8-12(11)3/h4-10H2,1-3H3. The van der Waals surface area contributed by atoms with E-state index in [-0.39, 0.29) is 0 Å². The molecule has 1 heterocycles. The lowest BCUT2D eigenvalue weighted by molar-refractivity contribution is -0.297. The van der Waals surface area contributed by atoms with Gasteiger partial charge in [-0.3, -0.25) is 4.90 Å². The minimum atomic E-state index is -0.411. The number of likely N-dealkylation sites (tertiary alicyclic amines) is 1. The minimum Gasteiger partial charge on any atom is -0.337 e. The van der Waals surface area contributed by atoms with Crippen LogP contribution in [0.15, 0.2) is 0 Å². The highest BCUT2D eigenvalue weighted by Crippen LogP contribution is 2.30. The van der Waals surface area contributed by atoms with Crippen LogP contribution in [0.3, 0.4) is 0 Å². The molecule has 1 aliphatic heterocycles. The second-order valence-corrected chi connectivity index (χ2v) is 3.93. The van der Waals surface area contributed by atoms with E-state index in [2.05, 4.69) is 25.8 Å². The number of nitrogens with zero attached hydrogens (tertiary/aromatic N) is 1. The fourth-order valence-electron chi connectivity index (χ4n) is 1.83. The van der Waals surface area contributed by atoms with E-state index in [4.69, 9.17) is 9.47 Å². The third kappa shape index (κ3) is 2.69. The highest BCUT2D eigenvalue weighted by Gasteiger charge is 2.40. The van der Waals surface area contributed by atoms with Crippen molar-refractivity contribution in [2.45, 2.75) is 45.4 Å². The molecule has 0 aromatic carbocycles. The monoisotopic (exact) mass is 201 g/mol. The van der Waals surface area contributed by atoms with Gasteiger partial charge in [0.25, 0.3) is 0 Å². The van der Waals surface area contributed by atoms with Gasteiger partial charge in [0.1, 0.15) is 0 Å². The molecular formula is C11H23NO2. The van der Waals surface area contributed by atoms with E-state index in [9.17, 15) is 0 Å². The maximum Gasteiger partial charge on any atom is 0.229 e. The van der Waals surface area contributed by atoms with Crippen LogP contribution in [0.4, 0.5) is 0 Å². The molecule has 0 amide bonds. The van der Waals surface area contributed by atoms with E-state index in [0.29, 0.717) is 0 Å². The zero-order chi connectivity index (χ0) is 10.4. The molecule has 0 bridgehead atoms. The second-order valence-electron chi connectivity index (χ2n) is 3.93. The van der Waals surface area contributed by atoms with E-state index in [1.165, 1.54) is 6.42 Å². The van der Waals surface area contributed by atoms with Gasteiger partial charge < -0.3 is 9.47 Å². The highest BCUT2D eigenvalue weighted by molar-refractivity contribution is 4.77. The summed E-state index contributed by atoms with van der Waals surface area (Å²) in [6.07, 6.45) is 4.27. The molecule has 0 spiro atoms. The summed E-state index contributed by atoms with van der Waals surface area (Å²) in [5.74, 6) is -0.411. The lowest BCUT2D eigenvalue weighted by atomic mass is 10.3. The molecule has 0 radical (unpaired) electrons. The van der Waals surface area contributed by atoms with Crippen LogP contribution in [0.1, 0.15) is 39.5 Å². The quantitative estimate of drug-likeness (QED) is 0.615. The van der Waals surface area contributed by atoms with Gasteiger partial charge in [0.05, 0.1) is 13.2 Å². The Morgan fingerprint density at radius 2 is 1.71 bits per heavy atom. The largest absolute Gasteiger partial charge is 0.337 e. The SMILES string of the molecule is CCCOC1(OCCC)CCCN1C. The zero-order valence-electron chi connectivity index (χ0n) is 9.71. The molecule has 0 aromatic rings.